The molecule has 0 saturated carbocycles. The normalized spacial score (nSPS) is 16.1. The first-order valence-electron chi connectivity index (χ1n) is 10.9. The highest BCUT2D eigenvalue weighted by Gasteiger charge is 2.38. The predicted octanol–water partition coefficient (Wildman–Crippen LogP) is 5.00. The zero-order valence-corrected chi connectivity index (χ0v) is 18.6. The Balaban J connectivity index is 1.56. The molecule has 1 aliphatic heterocycles. The molecule has 13 heteroatoms. The molecule has 1 saturated heterocycles. The number of alkyl halides is 6. The summed E-state index contributed by atoms with van der Waals surface area (Å²) in [5.74, 6) is -2.45. The van der Waals surface area contributed by atoms with E-state index in [4.69, 9.17) is 4.74 Å². The molecule has 2 aromatic heterocycles. The number of aromatic nitrogens is 3. The van der Waals surface area contributed by atoms with Gasteiger partial charge in [0.15, 0.2) is 0 Å². The lowest BCUT2D eigenvalue weighted by Crippen LogP contribution is -2.37. The van der Waals surface area contributed by atoms with E-state index in [-0.39, 0.29) is 35.2 Å². The van der Waals surface area contributed by atoms with Crippen LogP contribution in [0.4, 0.5) is 26.3 Å². The highest BCUT2D eigenvalue weighted by atomic mass is 19.4. The van der Waals surface area contributed by atoms with Crippen molar-refractivity contribution in [3.63, 3.8) is 0 Å². The summed E-state index contributed by atoms with van der Waals surface area (Å²) >= 11 is 0. The Bertz CT molecular complexity index is 1190. The van der Waals surface area contributed by atoms with Crippen molar-refractivity contribution in [3.05, 3.63) is 65.3 Å². The Labute approximate surface area is 200 Å². The van der Waals surface area contributed by atoms with Crippen molar-refractivity contribution in [2.24, 2.45) is 5.92 Å². The van der Waals surface area contributed by atoms with Gasteiger partial charge in [-0.1, -0.05) is 17.3 Å². The summed E-state index contributed by atoms with van der Waals surface area (Å²) < 4.78 is 87.5. The third kappa shape index (κ3) is 6.20. The van der Waals surface area contributed by atoms with E-state index in [0.717, 1.165) is 12.1 Å². The average molecular weight is 514 g/mol. The molecule has 1 aromatic carbocycles. The number of amides is 1. The van der Waals surface area contributed by atoms with Crippen LogP contribution >= 0.6 is 0 Å². The second-order valence-corrected chi connectivity index (χ2v) is 8.23. The molecular weight excluding hydrogens is 494 g/mol. The van der Waals surface area contributed by atoms with Crippen LogP contribution in [0.3, 0.4) is 0 Å². The molecule has 0 aliphatic carbocycles. The van der Waals surface area contributed by atoms with Gasteiger partial charge in [-0.05, 0) is 42.7 Å². The number of carbonyl (C=O) groups is 1. The Morgan fingerprint density at radius 3 is 2.42 bits per heavy atom. The van der Waals surface area contributed by atoms with Crippen LogP contribution in [0.1, 0.15) is 41.6 Å². The van der Waals surface area contributed by atoms with E-state index in [0.29, 0.717) is 31.7 Å². The van der Waals surface area contributed by atoms with Gasteiger partial charge >= 0.3 is 18.2 Å². The number of rotatable bonds is 6. The van der Waals surface area contributed by atoms with Crippen LogP contribution in [0.25, 0.3) is 11.4 Å². The Morgan fingerprint density at radius 2 is 1.81 bits per heavy atom. The second kappa shape index (κ2) is 10.2. The van der Waals surface area contributed by atoms with Crippen molar-refractivity contribution in [2.45, 2.75) is 37.7 Å². The van der Waals surface area contributed by atoms with E-state index in [1.807, 2.05) is 0 Å². The van der Waals surface area contributed by atoms with Crippen molar-refractivity contribution in [3.8, 4) is 11.4 Å². The van der Waals surface area contributed by atoms with Gasteiger partial charge in [0, 0.05) is 43.0 Å². The van der Waals surface area contributed by atoms with Crippen LogP contribution in [-0.4, -0.2) is 34.2 Å². The van der Waals surface area contributed by atoms with Crippen LogP contribution in [0.5, 0.6) is 0 Å². The maximum absolute atomic E-state index is 13.3. The van der Waals surface area contributed by atoms with Gasteiger partial charge in [0.25, 0.3) is 0 Å². The summed E-state index contributed by atoms with van der Waals surface area (Å²) in [6.45, 7) is 0.836. The fourth-order valence-electron chi connectivity index (χ4n) is 3.78. The van der Waals surface area contributed by atoms with Crippen LogP contribution < -0.4 is 5.32 Å². The minimum absolute atomic E-state index is 0.0383. The van der Waals surface area contributed by atoms with E-state index in [1.54, 1.807) is 0 Å². The number of nitrogens with zero attached hydrogens (tertiary/aromatic N) is 3. The predicted molar refractivity (Wildman–Crippen MR) is 112 cm³/mol. The summed E-state index contributed by atoms with van der Waals surface area (Å²) in [6, 6.07) is 6.71. The first-order chi connectivity index (χ1) is 17.0. The molecule has 3 heterocycles. The van der Waals surface area contributed by atoms with E-state index in [9.17, 15) is 31.1 Å². The monoisotopic (exact) mass is 514 g/mol. The number of hydrogen-bond acceptors (Lipinski definition) is 6. The zero-order chi connectivity index (χ0) is 25.9. The maximum Gasteiger partial charge on any atom is 0.471 e. The van der Waals surface area contributed by atoms with Gasteiger partial charge in [0.05, 0.1) is 11.6 Å². The fourth-order valence-corrected chi connectivity index (χ4v) is 3.78. The van der Waals surface area contributed by atoms with Gasteiger partial charge in [-0.25, -0.2) is 0 Å². The minimum Gasteiger partial charge on any atom is -0.381 e. The lowest BCUT2D eigenvalue weighted by molar-refractivity contribution is -0.159. The van der Waals surface area contributed by atoms with Gasteiger partial charge in [-0.2, -0.15) is 31.3 Å². The number of hydrogen-bond donors (Lipinski definition) is 1. The maximum atomic E-state index is 13.3. The summed E-state index contributed by atoms with van der Waals surface area (Å²) in [4.78, 5) is 20.3. The largest absolute Gasteiger partial charge is 0.471 e. The number of halogens is 6. The number of carbonyl (C=O) groups excluding carboxylic acids is 1. The van der Waals surface area contributed by atoms with Crippen LogP contribution in [0, 0.1) is 5.92 Å². The van der Waals surface area contributed by atoms with Crippen molar-refractivity contribution in [1.29, 1.82) is 0 Å². The Hall–Kier alpha value is -3.48. The van der Waals surface area contributed by atoms with Crippen molar-refractivity contribution < 1.29 is 40.4 Å². The van der Waals surface area contributed by atoms with Gasteiger partial charge in [0.1, 0.15) is 0 Å². The number of nitrogens with one attached hydrogen (secondary N) is 1. The number of pyridine rings is 1. The van der Waals surface area contributed by atoms with Crippen LogP contribution in [0.2, 0.25) is 0 Å². The molecule has 1 amide bonds. The lowest BCUT2D eigenvalue weighted by atomic mass is 9.95. The van der Waals surface area contributed by atoms with Crippen molar-refractivity contribution in [1.82, 2.24) is 20.4 Å². The molecule has 36 heavy (non-hydrogen) atoms. The quantitative estimate of drug-likeness (QED) is 0.466. The summed E-state index contributed by atoms with van der Waals surface area (Å²) in [5, 5.41) is 6.12. The van der Waals surface area contributed by atoms with E-state index in [2.05, 4.69) is 25.0 Å². The van der Waals surface area contributed by atoms with Gasteiger partial charge in [0.2, 0.25) is 11.7 Å². The highest BCUT2D eigenvalue weighted by molar-refractivity contribution is 5.79. The molecule has 192 valence electrons. The van der Waals surface area contributed by atoms with Crippen molar-refractivity contribution in [2.75, 3.05) is 13.2 Å². The molecule has 0 spiro atoms. The molecule has 1 unspecified atom stereocenters. The van der Waals surface area contributed by atoms with Crippen molar-refractivity contribution >= 4 is 5.91 Å². The third-order valence-corrected chi connectivity index (χ3v) is 5.69. The smallest absolute Gasteiger partial charge is 0.381 e. The minimum atomic E-state index is -4.79. The lowest BCUT2D eigenvalue weighted by Gasteiger charge is -2.26. The summed E-state index contributed by atoms with van der Waals surface area (Å²) in [6.07, 6.45) is -7.09. The topological polar surface area (TPSA) is 90.1 Å². The molecule has 1 fully saturated rings. The number of benzene rings is 1. The van der Waals surface area contributed by atoms with Gasteiger partial charge in [-0.3, -0.25) is 9.78 Å². The molecular formula is C23H20F6N4O3. The standard InChI is InChI=1S/C23H20F6N4O3/c24-22(25,26)16-3-1-2-14(10-16)18(31-20(34)13-6-8-35-9-7-13)11-17-5-4-15(12-30-17)19-32-21(36-33-19)23(27,28)29/h1-5,10,12-13,18H,6-9,11H2,(H,31,34). The molecule has 4 rings (SSSR count). The van der Waals surface area contributed by atoms with Gasteiger partial charge < -0.3 is 14.6 Å². The van der Waals surface area contributed by atoms with Crippen LogP contribution in [-0.2, 0) is 28.3 Å². The molecule has 0 radical (unpaired) electrons. The molecule has 7 nitrogen and oxygen atoms in total. The summed E-state index contributed by atoms with van der Waals surface area (Å²) in [7, 11) is 0. The molecule has 1 aliphatic rings. The van der Waals surface area contributed by atoms with E-state index in [1.165, 1.54) is 30.5 Å². The molecule has 0 bridgehead atoms. The Kier molecular flexibility index (Phi) is 7.29. The van der Waals surface area contributed by atoms with Crippen LogP contribution in [0.15, 0.2) is 47.1 Å². The highest BCUT2D eigenvalue weighted by Crippen LogP contribution is 2.32. The summed E-state index contributed by atoms with van der Waals surface area (Å²) in [5.41, 5.74) is -0.0804. The fraction of sp³-hybridized carbons (Fsp3) is 0.391. The Morgan fingerprint density at radius 1 is 1.06 bits per heavy atom. The van der Waals surface area contributed by atoms with E-state index < -0.39 is 29.8 Å². The average Bonchev–Trinajstić information content (AvgIpc) is 3.35. The second-order valence-electron chi connectivity index (χ2n) is 8.23. The SMILES string of the molecule is O=C(NC(Cc1ccc(-c2noc(C(F)(F)F)n2)cn1)c1cccc(C(F)(F)F)c1)C1CCOCC1. The molecule has 1 atom stereocenters. The molecule has 3 aromatic rings. The van der Waals surface area contributed by atoms with Gasteiger partial charge in [-0.15, -0.1) is 0 Å². The first-order valence-corrected chi connectivity index (χ1v) is 10.9. The molecule has 1 N–H and O–H groups in total. The van der Waals surface area contributed by atoms with E-state index >= 15 is 0 Å². The zero-order valence-electron chi connectivity index (χ0n) is 18.6. The first kappa shape index (κ1) is 25.6. The third-order valence-electron chi connectivity index (χ3n) is 5.69. The number of ether oxygens (including phenoxy) is 1.